The Hall–Kier alpha value is -0.360. The van der Waals surface area contributed by atoms with E-state index in [9.17, 15) is 17.4 Å². The van der Waals surface area contributed by atoms with Crippen molar-refractivity contribution in [1.82, 2.24) is 5.73 Å². The van der Waals surface area contributed by atoms with Crippen LogP contribution in [-0.4, -0.2) is 15.4 Å². The topological polar surface area (TPSA) is 40.9 Å². The van der Waals surface area contributed by atoms with Gasteiger partial charge >= 0.3 is 6.18 Å². The van der Waals surface area contributed by atoms with Gasteiger partial charge < -0.3 is 0 Å². The number of hydrogen-bond acceptors (Lipinski definition) is 1. The lowest BCUT2D eigenvalue weighted by Crippen LogP contribution is -2.23. The van der Waals surface area contributed by atoms with Crippen molar-refractivity contribution in [3.05, 3.63) is 0 Å². The maximum atomic E-state index is 11.0. The van der Waals surface area contributed by atoms with E-state index in [1.165, 1.54) is 0 Å². The molecule has 0 amide bonds. The van der Waals surface area contributed by atoms with E-state index in [0.717, 1.165) is 0 Å². The van der Waals surface area contributed by atoms with Crippen molar-refractivity contribution in [2.45, 2.75) is 6.18 Å². The van der Waals surface area contributed by atoms with Gasteiger partial charge in [0.1, 0.15) is 11.3 Å². The fourth-order valence-electron chi connectivity index (χ4n) is 0.0472. The van der Waals surface area contributed by atoms with E-state index >= 15 is 0 Å². The number of nitrogens with one attached hydrogen (secondary N) is 1. The van der Waals surface area contributed by atoms with E-state index < -0.39 is 22.4 Å². The van der Waals surface area contributed by atoms with Crippen LogP contribution in [0, 0.1) is 0 Å². The van der Waals surface area contributed by atoms with Crippen molar-refractivity contribution in [3.63, 3.8) is 0 Å². The molecule has 0 aliphatic carbocycles. The average molecular weight is 144 g/mol. The molecule has 0 aliphatic rings. The second-order valence-corrected chi connectivity index (χ2v) is 1.49. The van der Waals surface area contributed by atoms with E-state index in [1.54, 1.807) is 0 Å². The molecule has 0 heterocycles. The van der Waals surface area contributed by atoms with Crippen LogP contribution >= 0.6 is 0 Å². The quantitative estimate of drug-likeness (QED) is 0.447. The minimum absolute atomic E-state index is 0.860. The maximum absolute atomic E-state index is 11.0. The molecule has 0 unspecified atom stereocenters. The molecule has 0 aromatic carbocycles. The maximum Gasteiger partial charge on any atom is 0.440 e. The Morgan fingerprint density at radius 1 is 1.50 bits per heavy atom. The molecule has 0 aromatic heterocycles. The molecule has 47 valence electrons. The third-order valence-electron chi connectivity index (χ3n) is 0.341. The highest BCUT2D eigenvalue weighted by atomic mass is 32.1. The summed E-state index contributed by atoms with van der Waals surface area (Å²) >= 11 is -0.860. The van der Waals surface area contributed by atoms with Crippen LogP contribution in [0.5, 0.6) is 0 Å². The van der Waals surface area contributed by atoms with Gasteiger partial charge in [0, 0.05) is 0 Å². The molecular weight excluding hydrogens is 143 g/mol. The molecule has 0 atom stereocenters. The largest absolute Gasteiger partial charge is 0.440 e. The number of halogens is 3. The fraction of sp³-hybridized carbons (Fsp3) is 0.500. The van der Waals surface area contributed by atoms with E-state index in [0.29, 0.717) is 0 Å². The van der Waals surface area contributed by atoms with E-state index in [2.05, 4.69) is 0 Å². The highest BCUT2D eigenvalue weighted by Gasteiger charge is 2.33. The molecule has 2 nitrogen and oxygen atoms in total. The van der Waals surface area contributed by atoms with Gasteiger partial charge in [0.25, 0.3) is 0 Å². The minimum Gasteiger partial charge on any atom is -0.211 e. The first-order valence-electron chi connectivity index (χ1n) is 1.44. The summed E-state index contributed by atoms with van der Waals surface area (Å²) in [5.74, 6) is 0. The van der Waals surface area contributed by atoms with Gasteiger partial charge in [-0.25, -0.2) is 9.94 Å². The molecule has 1 N–H and O–H groups in total. The lowest BCUT2D eigenvalue weighted by Gasteiger charge is -1.97. The lowest BCUT2D eigenvalue weighted by atomic mass is 10.7. The van der Waals surface area contributed by atoms with Crippen molar-refractivity contribution >= 4 is 16.2 Å². The SMILES string of the molecule is [NH]C(=S=O)C(F)(F)F. The predicted molar refractivity (Wildman–Crippen MR) is 22.3 cm³/mol. The summed E-state index contributed by atoms with van der Waals surface area (Å²) in [7, 11) is 0. The summed E-state index contributed by atoms with van der Waals surface area (Å²) in [6.07, 6.45) is -4.76. The first-order chi connectivity index (χ1) is 3.48. The second-order valence-electron chi connectivity index (χ2n) is 0.910. The second kappa shape index (κ2) is 2.27. The smallest absolute Gasteiger partial charge is 0.211 e. The molecule has 0 fully saturated rings. The van der Waals surface area contributed by atoms with Crippen molar-refractivity contribution in [2.24, 2.45) is 0 Å². The first-order valence-corrected chi connectivity index (χ1v) is 2.18. The Morgan fingerprint density at radius 3 is 1.88 bits per heavy atom. The summed E-state index contributed by atoms with van der Waals surface area (Å²) in [5.41, 5.74) is 5.91. The van der Waals surface area contributed by atoms with Crippen molar-refractivity contribution < 1.29 is 17.4 Å². The van der Waals surface area contributed by atoms with Crippen LogP contribution in [0.2, 0.25) is 0 Å². The van der Waals surface area contributed by atoms with Crippen molar-refractivity contribution in [2.75, 3.05) is 0 Å². The molecule has 0 saturated carbocycles. The van der Waals surface area contributed by atoms with E-state index in [1.807, 2.05) is 0 Å². The van der Waals surface area contributed by atoms with Crippen LogP contribution in [0.4, 0.5) is 13.2 Å². The molecular formula is C2HF3NOS. The van der Waals surface area contributed by atoms with E-state index in [4.69, 9.17) is 5.73 Å². The van der Waals surface area contributed by atoms with Crippen LogP contribution < -0.4 is 5.73 Å². The predicted octanol–water partition coefficient (Wildman–Crippen LogP) is 0.175. The molecule has 0 bridgehead atoms. The van der Waals surface area contributed by atoms with Gasteiger partial charge in [0.05, 0.1) is 0 Å². The zero-order chi connectivity index (χ0) is 6.78. The van der Waals surface area contributed by atoms with Crippen molar-refractivity contribution in [3.8, 4) is 0 Å². The summed E-state index contributed by atoms with van der Waals surface area (Å²) in [4.78, 5) is -1.81. The summed E-state index contributed by atoms with van der Waals surface area (Å²) in [5, 5.41) is 0. The summed E-state index contributed by atoms with van der Waals surface area (Å²) < 4.78 is 42.3. The van der Waals surface area contributed by atoms with Crippen LogP contribution in [0.3, 0.4) is 0 Å². The van der Waals surface area contributed by atoms with Gasteiger partial charge in [-0.3, -0.25) is 0 Å². The van der Waals surface area contributed by atoms with Gasteiger partial charge in [-0.05, 0) is 0 Å². The Kier molecular flexibility index (Phi) is 2.17. The van der Waals surface area contributed by atoms with E-state index in [-0.39, 0.29) is 0 Å². The zero-order valence-electron chi connectivity index (χ0n) is 3.45. The first kappa shape index (κ1) is 7.64. The van der Waals surface area contributed by atoms with Crippen LogP contribution in [-0.2, 0) is 11.3 Å². The fourth-order valence-corrected chi connectivity index (χ4v) is 0.142. The highest BCUT2D eigenvalue weighted by Crippen LogP contribution is 2.13. The van der Waals surface area contributed by atoms with Crippen molar-refractivity contribution in [1.29, 1.82) is 0 Å². The van der Waals surface area contributed by atoms with Gasteiger partial charge in [-0.15, -0.1) is 0 Å². The van der Waals surface area contributed by atoms with Crippen LogP contribution in [0.25, 0.3) is 0 Å². The molecule has 6 heteroatoms. The monoisotopic (exact) mass is 144 g/mol. The number of hydrogen-bond donors (Lipinski definition) is 0. The number of rotatable bonds is 0. The molecule has 0 spiro atoms. The third-order valence-corrected chi connectivity index (χ3v) is 0.739. The minimum atomic E-state index is -4.76. The number of alkyl halides is 3. The average Bonchev–Trinajstić information content (AvgIpc) is 1.62. The molecule has 0 aromatic rings. The molecule has 0 aliphatic heterocycles. The summed E-state index contributed by atoms with van der Waals surface area (Å²) in [6, 6.07) is 0. The standard InChI is InChI=1S/C2HF3NOS/c3-2(4,5)1(6)8-7/h6H. The highest BCUT2D eigenvalue weighted by molar-refractivity contribution is 7.66. The van der Waals surface area contributed by atoms with Gasteiger partial charge in [-0.2, -0.15) is 13.2 Å². The summed E-state index contributed by atoms with van der Waals surface area (Å²) in [6.45, 7) is 0. The van der Waals surface area contributed by atoms with Gasteiger partial charge in [0.2, 0.25) is 4.99 Å². The Bertz CT molecular complexity index is 135. The normalized spacial score (nSPS) is 11.0. The molecule has 1 radical (unpaired) electrons. The Morgan fingerprint density at radius 2 is 1.88 bits per heavy atom. The lowest BCUT2D eigenvalue weighted by molar-refractivity contribution is -0.0577. The Balaban J connectivity index is 4.26. The molecule has 8 heavy (non-hydrogen) atoms. The Labute approximate surface area is 46.6 Å². The van der Waals surface area contributed by atoms with Gasteiger partial charge in [-0.1, -0.05) is 0 Å². The van der Waals surface area contributed by atoms with Crippen LogP contribution in [0.1, 0.15) is 0 Å². The van der Waals surface area contributed by atoms with Crippen LogP contribution in [0.15, 0.2) is 0 Å². The molecule has 0 saturated heterocycles. The van der Waals surface area contributed by atoms with Gasteiger partial charge in [0.15, 0.2) is 0 Å². The third kappa shape index (κ3) is 2.08. The zero-order valence-corrected chi connectivity index (χ0v) is 4.27. The molecule has 0 rings (SSSR count).